The fourth-order valence-corrected chi connectivity index (χ4v) is 3.90. The van der Waals surface area contributed by atoms with E-state index in [-0.39, 0.29) is 16.4 Å². The average molecular weight is 379 g/mol. The Balaban J connectivity index is 2.24. The van der Waals surface area contributed by atoms with E-state index in [4.69, 9.17) is 9.47 Å². The lowest BCUT2D eigenvalue weighted by molar-refractivity contribution is -0.109. The molecule has 142 valence electrons. The summed E-state index contributed by atoms with van der Waals surface area (Å²) in [6, 6.07) is 6.79. The molecular formula is C19H25NO5S. The van der Waals surface area contributed by atoms with Crippen LogP contribution in [0.5, 0.6) is 0 Å². The zero-order valence-electron chi connectivity index (χ0n) is 15.8. The Morgan fingerprint density at radius 2 is 1.77 bits per heavy atom. The number of carbonyl (C=O) groups excluding carboxylic acids is 3. The van der Waals surface area contributed by atoms with Crippen molar-refractivity contribution >= 4 is 28.9 Å². The molecule has 1 fully saturated rings. The standard InChI is InChI=1S/C19H25NO5S/c1-12(21)26-15-10-16(20(11-15)18(23)25-19(2,3)4)13-6-8-14(9-7-13)17(22)24-5/h6-9,15-16H,10-11H2,1-5H3/t15-,16+/m0/s1. The molecule has 1 heterocycles. The first kappa shape index (κ1) is 20.3. The number of thioether (sulfide) groups is 1. The lowest BCUT2D eigenvalue weighted by atomic mass is 10.0. The van der Waals surface area contributed by atoms with Crippen LogP contribution in [-0.4, -0.2) is 46.6 Å². The topological polar surface area (TPSA) is 72.9 Å². The molecule has 0 N–H and O–H groups in total. The van der Waals surface area contributed by atoms with E-state index in [1.807, 2.05) is 32.9 Å². The van der Waals surface area contributed by atoms with Crippen LogP contribution in [0.25, 0.3) is 0 Å². The third-order valence-electron chi connectivity index (χ3n) is 3.94. The molecule has 0 aromatic heterocycles. The van der Waals surface area contributed by atoms with E-state index < -0.39 is 17.7 Å². The predicted octanol–water partition coefficient (Wildman–Crippen LogP) is 3.80. The maximum atomic E-state index is 12.6. The van der Waals surface area contributed by atoms with Crippen LogP contribution in [0.3, 0.4) is 0 Å². The van der Waals surface area contributed by atoms with E-state index >= 15 is 0 Å². The molecule has 2 rings (SSSR count). The molecule has 1 aromatic rings. The number of amides is 1. The summed E-state index contributed by atoms with van der Waals surface area (Å²) < 4.78 is 10.2. The molecule has 1 amide bonds. The zero-order chi connectivity index (χ0) is 19.5. The fourth-order valence-electron chi connectivity index (χ4n) is 2.92. The van der Waals surface area contributed by atoms with Gasteiger partial charge in [0.1, 0.15) is 5.60 Å². The van der Waals surface area contributed by atoms with Crippen molar-refractivity contribution in [2.24, 2.45) is 0 Å². The zero-order valence-corrected chi connectivity index (χ0v) is 16.6. The van der Waals surface area contributed by atoms with Crippen molar-refractivity contribution in [1.29, 1.82) is 0 Å². The van der Waals surface area contributed by atoms with Gasteiger partial charge in [-0.15, -0.1) is 0 Å². The Bertz CT molecular complexity index is 680. The summed E-state index contributed by atoms with van der Waals surface area (Å²) in [5.74, 6) is -0.406. The molecule has 26 heavy (non-hydrogen) atoms. The minimum atomic E-state index is -0.595. The van der Waals surface area contributed by atoms with Crippen molar-refractivity contribution in [3.63, 3.8) is 0 Å². The molecule has 1 aromatic carbocycles. The number of rotatable bonds is 3. The Morgan fingerprint density at radius 3 is 2.27 bits per heavy atom. The van der Waals surface area contributed by atoms with Crippen molar-refractivity contribution in [1.82, 2.24) is 4.90 Å². The Kier molecular flexibility index (Phi) is 6.34. The maximum absolute atomic E-state index is 12.6. The number of benzene rings is 1. The van der Waals surface area contributed by atoms with Crippen LogP contribution in [0.15, 0.2) is 24.3 Å². The average Bonchev–Trinajstić information content (AvgIpc) is 2.96. The molecule has 2 atom stereocenters. The molecule has 0 saturated carbocycles. The molecule has 0 bridgehead atoms. The Morgan fingerprint density at radius 1 is 1.15 bits per heavy atom. The lowest BCUT2D eigenvalue weighted by Crippen LogP contribution is -2.37. The second-order valence-corrected chi connectivity index (χ2v) is 8.71. The molecule has 0 aliphatic carbocycles. The number of methoxy groups -OCH3 is 1. The van der Waals surface area contributed by atoms with Gasteiger partial charge >= 0.3 is 12.1 Å². The largest absolute Gasteiger partial charge is 0.465 e. The third-order valence-corrected chi connectivity index (χ3v) is 4.95. The molecule has 6 nitrogen and oxygen atoms in total. The van der Waals surface area contributed by atoms with Crippen LogP contribution >= 0.6 is 11.8 Å². The van der Waals surface area contributed by atoms with Gasteiger partial charge in [0.25, 0.3) is 0 Å². The van der Waals surface area contributed by atoms with Crippen LogP contribution in [0.1, 0.15) is 56.1 Å². The molecule has 0 unspecified atom stereocenters. The minimum absolute atomic E-state index is 0.0188. The van der Waals surface area contributed by atoms with Crippen molar-refractivity contribution in [3.8, 4) is 0 Å². The first-order valence-electron chi connectivity index (χ1n) is 8.46. The van der Waals surface area contributed by atoms with E-state index in [2.05, 4.69) is 0 Å². The third kappa shape index (κ3) is 5.24. The van der Waals surface area contributed by atoms with E-state index in [0.29, 0.717) is 18.5 Å². The van der Waals surface area contributed by atoms with Crippen LogP contribution in [0.4, 0.5) is 4.79 Å². The number of ether oxygens (including phenoxy) is 2. The summed E-state index contributed by atoms with van der Waals surface area (Å²) in [6.45, 7) is 7.44. The molecule has 0 radical (unpaired) electrons. The maximum Gasteiger partial charge on any atom is 0.410 e. The van der Waals surface area contributed by atoms with E-state index in [1.54, 1.807) is 17.0 Å². The number of likely N-dealkylation sites (tertiary alicyclic amines) is 1. The normalized spacial score (nSPS) is 20.0. The monoisotopic (exact) mass is 379 g/mol. The van der Waals surface area contributed by atoms with Gasteiger partial charge in [0.2, 0.25) is 0 Å². The smallest absolute Gasteiger partial charge is 0.410 e. The lowest BCUT2D eigenvalue weighted by Gasteiger charge is -2.28. The highest BCUT2D eigenvalue weighted by Crippen LogP contribution is 2.38. The Labute approximate surface area is 158 Å². The van der Waals surface area contributed by atoms with Crippen molar-refractivity contribution in [3.05, 3.63) is 35.4 Å². The van der Waals surface area contributed by atoms with Crippen molar-refractivity contribution < 1.29 is 23.9 Å². The minimum Gasteiger partial charge on any atom is -0.465 e. The molecule has 1 aliphatic rings. The number of carbonyl (C=O) groups is 3. The summed E-state index contributed by atoms with van der Waals surface area (Å²) in [7, 11) is 1.33. The van der Waals surface area contributed by atoms with E-state index in [9.17, 15) is 14.4 Å². The highest BCUT2D eigenvalue weighted by molar-refractivity contribution is 8.14. The number of nitrogens with zero attached hydrogens (tertiary/aromatic N) is 1. The van der Waals surface area contributed by atoms with Gasteiger partial charge in [0.15, 0.2) is 5.12 Å². The summed E-state index contributed by atoms with van der Waals surface area (Å²) in [6.07, 6.45) is 0.257. The van der Waals surface area contributed by atoms with Gasteiger partial charge in [-0.25, -0.2) is 9.59 Å². The fraction of sp³-hybridized carbons (Fsp3) is 0.526. The van der Waals surface area contributed by atoms with Crippen LogP contribution in [-0.2, 0) is 14.3 Å². The SMILES string of the molecule is COC(=O)c1ccc([C@H]2C[C@H](SC(C)=O)CN2C(=O)OC(C)(C)C)cc1. The number of hydrogen-bond acceptors (Lipinski definition) is 6. The van der Waals surface area contributed by atoms with Gasteiger partial charge in [0, 0.05) is 18.7 Å². The summed E-state index contributed by atoms with van der Waals surface area (Å²) in [5.41, 5.74) is 0.755. The number of esters is 1. The summed E-state index contributed by atoms with van der Waals surface area (Å²) >= 11 is 1.25. The van der Waals surface area contributed by atoms with Gasteiger partial charge in [-0.3, -0.25) is 9.69 Å². The summed E-state index contributed by atoms with van der Waals surface area (Å²) in [5, 5.41) is 0.0473. The Hall–Kier alpha value is -2.02. The highest BCUT2D eigenvalue weighted by atomic mass is 32.2. The van der Waals surface area contributed by atoms with Gasteiger partial charge in [0.05, 0.1) is 18.7 Å². The van der Waals surface area contributed by atoms with E-state index in [1.165, 1.54) is 25.8 Å². The quantitative estimate of drug-likeness (QED) is 0.744. The van der Waals surface area contributed by atoms with Crippen LogP contribution in [0.2, 0.25) is 0 Å². The van der Waals surface area contributed by atoms with E-state index in [0.717, 1.165) is 5.56 Å². The molecule has 1 saturated heterocycles. The second-order valence-electron chi connectivity index (χ2n) is 7.23. The van der Waals surface area contributed by atoms with Gasteiger partial charge < -0.3 is 9.47 Å². The molecule has 7 heteroatoms. The summed E-state index contributed by atoms with van der Waals surface area (Å²) in [4.78, 5) is 37.4. The van der Waals surface area contributed by atoms with Gasteiger partial charge in [-0.1, -0.05) is 23.9 Å². The van der Waals surface area contributed by atoms with Crippen molar-refractivity contribution in [2.75, 3.05) is 13.7 Å². The van der Waals surface area contributed by atoms with Crippen LogP contribution < -0.4 is 0 Å². The number of hydrogen-bond donors (Lipinski definition) is 0. The first-order chi connectivity index (χ1) is 12.1. The molecule has 1 aliphatic heterocycles. The second kappa shape index (κ2) is 8.12. The molecule has 0 spiro atoms. The van der Waals surface area contributed by atoms with Gasteiger partial charge in [-0.2, -0.15) is 0 Å². The van der Waals surface area contributed by atoms with Crippen LogP contribution in [0, 0.1) is 0 Å². The van der Waals surface area contributed by atoms with Gasteiger partial charge in [-0.05, 0) is 44.9 Å². The first-order valence-corrected chi connectivity index (χ1v) is 9.34. The predicted molar refractivity (Wildman–Crippen MR) is 100 cm³/mol. The highest BCUT2D eigenvalue weighted by Gasteiger charge is 2.39. The van der Waals surface area contributed by atoms with Crippen molar-refractivity contribution in [2.45, 2.75) is 51.0 Å². The molecular weight excluding hydrogens is 354 g/mol.